The lowest BCUT2D eigenvalue weighted by molar-refractivity contribution is -0.767. The van der Waals surface area contributed by atoms with Gasteiger partial charge in [0.05, 0.1) is 6.20 Å². The third-order valence-corrected chi connectivity index (χ3v) is 2.05. The van der Waals surface area contributed by atoms with Gasteiger partial charge in [0.1, 0.15) is 5.78 Å². The molecule has 0 unspecified atom stereocenters. The van der Waals surface area contributed by atoms with Gasteiger partial charge < -0.3 is 0 Å². The molecule has 0 aromatic carbocycles. The van der Waals surface area contributed by atoms with Gasteiger partial charge in [0.25, 0.3) is 0 Å². The molecule has 0 fully saturated rings. The van der Waals surface area contributed by atoms with Crippen molar-refractivity contribution in [1.82, 2.24) is 5.10 Å². The van der Waals surface area contributed by atoms with Crippen LogP contribution in [0.25, 0.3) is 0 Å². The van der Waals surface area contributed by atoms with Crippen molar-refractivity contribution < 1.29 is 9.48 Å². The Labute approximate surface area is 92.5 Å². The summed E-state index contributed by atoms with van der Waals surface area (Å²) < 4.78 is 2.04. The molecule has 1 N–H and O–H groups in total. The minimum absolute atomic E-state index is 0.377. The van der Waals surface area contributed by atoms with Crippen molar-refractivity contribution in [3.8, 4) is 0 Å². The number of nitrogens with zero attached hydrogens (tertiary/aromatic N) is 1. The van der Waals surface area contributed by atoms with Crippen LogP contribution in [-0.2, 0) is 4.79 Å². The van der Waals surface area contributed by atoms with Gasteiger partial charge in [0.2, 0.25) is 0 Å². The molecule has 0 bridgehead atoms. The van der Waals surface area contributed by atoms with Crippen molar-refractivity contribution >= 4 is 5.78 Å². The zero-order valence-corrected chi connectivity index (χ0v) is 10.3. The summed E-state index contributed by atoms with van der Waals surface area (Å²) in [6.07, 6.45) is 6.39. The number of carbonyl (C=O) groups is 1. The van der Waals surface area contributed by atoms with Crippen LogP contribution in [0.4, 0.5) is 0 Å². The molecule has 0 saturated carbocycles. The normalized spacial score (nSPS) is 9.67. The molecule has 0 spiro atoms. The van der Waals surface area contributed by atoms with Crippen LogP contribution in [-0.4, -0.2) is 10.9 Å². The number of H-pyrrole nitrogens is 1. The van der Waals surface area contributed by atoms with Crippen LogP contribution >= 0.6 is 0 Å². The molecule has 1 aromatic rings. The van der Waals surface area contributed by atoms with Gasteiger partial charge in [-0.1, -0.05) is 13.8 Å². The summed E-state index contributed by atoms with van der Waals surface area (Å²) in [4.78, 5) is 10.4. The number of hydrogen-bond acceptors (Lipinski definition) is 1. The molecule has 1 aromatic heterocycles. The van der Waals surface area contributed by atoms with E-state index in [1.54, 1.807) is 0 Å². The van der Waals surface area contributed by atoms with E-state index < -0.39 is 0 Å². The maximum Gasteiger partial charge on any atom is 0.195 e. The fourth-order valence-corrected chi connectivity index (χ4v) is 1.08. The van der Waals surface area contributed by atoms with Gasteiger partial charge in [-0.3, -0.25) is 4.79 Å². The Bertz CT molecular complexity index is 253. The summed E-state index contributed by atoms with van der Waals surface area (Å²) in [5.41, 5.74) is 0. The molecular formula is C12H23N2O+. The van der Waals surface area contributed by atoms with E-state index in [0.29, 0.717) is 18.2 Å². The Hall–Kier alpha value is -1.12. The van der Waals surface area contributed by atoms with Gasteiger partial charge in [0.15, 0.2) is 12.2 Å². The lowest BCUT2D eigenvalue weighted by Gasteiger charge is -1.90. The van der Waals surface area contributed by atoms with Crippen LogP contribution in [0, 0.1) is 0 Å². The molecule has 0 aliphatic heterocycles. The average Bonchev–Trinajstić information content (AvgIpc) is 2.72. The molecule has 0 amide bonds. The van der Waals surface area contributed by atoms with Gasteiger partial charge in [0, 0.05) is 18.9 Å². The summed E-state index contributed by atoms with van der Waals surface area (Å²) in [5, 5.41) is 3.05. The van der Waals surface area contributed by atoms with Crippen LogP contribution in [0.3, 0.4) is 0 Å². The average molecular weight is 211 g/mol. The number of rotatable bonds is 4. The first kappa shape index (κ1) is 13.9. The van der Waals surface area contributed by atoms with Crippen LogP contribution < -0.4 is 4.68 Å². The number of ketones is 1. The standard InChI is InChI=1S/C6H10N2.C6H12O/c1-6(2)8-5-3-4-7-8;1-3-5-6(7)4-2/h3-6H,1-2H3;3-5H2,1-2H3/p+1. The van der Waals surface area contributed by atoms with Gasteiger partial charge >= 0.3 is 0 Å². The molecule has 3 nitrogen and oxygen atoms in total. The Morgan fingerprint density at radius 2 is 2.07 bits per heavy atom. The van der Waals surface area contributed by atoms with E-state index in [1.165, 1.54) is 0 Å². The third kappa shape index (κ3) is 6.89. The number of aromatic nitrogens is 2. The summed E-state index contributed by atoms with van der Waals surface area (Å²) in [5.74, 6) is 0.377. The second kappa shape index (κ2) is 8.21. The van der Waals surface area contributed by atoms with Crippen LogP contribution in [0.2, 0.25) is 0 Å². The quantitative estimate of drug-likeness (QED) is 0.764. The third-order valence-electron chi connectivity index (χ3n) is 2.05. The largest absolute Gasteiger partial charge is 0.300 e. The highest BCUT2D eigenvalue weighted by atomic mass is 16.1. The minimum atomic E-state index is 0.377. The molecule has 3 heteroatoms. The summed E-state index contributed by atoms with van der Waals surface area (Å²) in [6, 6.07) is 2.53. The van der Waals surface area contributed by atoms with E-state index in [-0.39, 0.29) is 0 Å². The molecule has 0 saturated heterocycles. The molecule has 15 heavy (non-hydrogen) atoms. The number of nitrogens with one attached hydrogen (secondary N) is 1. The fraction of sp³-hybridized carbons (Fsp3) is 0.667. The van der Waals surface area contributed by atoms with Gasteiger partial charge in [-0.15, -0.1) is 4.68 Å². The molecular weight excluding hydrogens is 188 g/mol. The lowest BCUT2D eigenvalue weighted by Crippen LogP contribution is -2.36. The SMILES string of the molecule is CC(C)[n+]1ccc[nH]1.CCCC(=O)CC. The highest BCUT2D eigenvalue weighted by molar-refractivity contribution is 5.77. The predicted molar refractivity (Wildman–Crippen MR) is 61.6 cm³/mol. The fourth-order valence-electron chi connectivity index (χ4n) is 1.08. The number of hydrogen-bond donors (Lipinski definition) is 1. The second-order valence-corrected chi connectivity index (χ2v) is 3.78. The van der Waals surface area contributed by atoms with E-state index in [9.17, 15) is 4.79 Å². The first-order valence-corrected chi connectivity index (χ1v) is 5.68. The van der Waals surface area contributed by atoms with Gasteiger partial charge in [-0.25, -0.2) is 0 Å². The van der Waals surface area contributed by atoms with E-state index in [1.807, 2.05) is 37.0 Å². The van der Waals surface area contributed by atoms with Crippen molar-refractivity contribution in [2.45, 2.75) is 53.0 Å². The topological polar surface area (TPSA) is 36.7 Å². The van der Waals surface area contributed by atoms with Gasteiger partial charge in [-0.05, 0) is 20.3 Å². The zero-order valence-electron chi connectivity index (χ0n) is 10.3. The maximum atomic E-state index is 10.4. The minimum Gasteiger partial charge on any atom is -0.300 e. The van der Waals surface area contributed by atoms with Gasteiger partial charge in [-0.2, -0.15) is 5.10 Å². The zero-order chi connectivity index (χ0) is 11.7. The molecule has 0 atom stereocenters. The van der Waals surface area contributed by atoms with Crippen molar-refractivity contribution in [3.63, 3.8) is 0 Å². The van der Waals surface area contributed by atoms with Crippen LogP contribution in [0.1, 0.15) is 53.0 Å². The van der Waals surface area contributed by atoms with Crippen molar-refractivity contribution in [2.75, 3.05) is 0 Å². The highest BCUT2D eigenvalue weighted by Gasteiger charge is 2.02. The van der Waals surface area contributed by atoms with E-state index in [4.69, 9.17) is 0 Å². The monoisotopic (exact) mass is 211 g/mol. The summed E-state index contributed by atoms with van der Waals surface area (Å²) >= 11 is 0. The predicted octanol–water partition coefficient (Wildman–Crippen LogP) is 2.65. The first-order valence-electron chi connectivity index (χ1n) is 5.68. The maximum absolute atomic E-state index is 10.4. The van der Waals surface area contributed by atoms with Crippen molar-refractivity contribution in [1.29, 1.82) is 0 Å². The molecule has 86 valence electrons. The summed E-state index contributed by atoms with van der Waals surface area (Å²) in [6.45, 7) is 8.19. The molecule has 1 rings (SSSR count). The van der Waals surface area contributed by atoms with E-state index in [0.717, 1.165) is 12.8 Å². The molecule has 0 aliphatic carbocycles. The number of aromatic amines is 1. The Balaban J connectivity index is 0.000000265. The first-order chi connectivity index (χ1) is 7.11. The molecule has 0 aliphatic rings. The Morgan fingerprint density at radius 1 is 1.40 bits per heavy atom. The Kier molecular flexibility index (Phi) is 7.60. The lowest BCUT2D eigenvalue weighted by atomic mass is 10.2. The van der Waals surface area contributed by atoms with E-state index in [2.05, 4.69) is 18.9 Å². The van der Waals surface area contributed by atoms with Crippen LogP contribution in [0.15, 0.2) is 18.5 Å². The van der Waals surface area contributed by atoms with Crippen LogP contribution in [0.5, 0.6) is 0 Å². The Morgan fingerprint density at radius 3 is 2.27 bits per heavy atom. The second-order valence-electron chi connectivity index (χ2n) is 3.78. The smallest absolute Gasteiger partial charge is 0.195 e. The molecule has 0 radical (unpaired) electrons. The summed E-state index contributed by atoms with van der Waals surface area (Å²) in [7, 11) is 0. The highest BCUT2D eigenvalue weighted by Crippen LogP contribution is 1.90. The van der Waals surface area contributed by atoms with Crippen molar-refractivity contribution in [3.05, 3.63) is 18.5 Å². The van der Waals surface area contributed by atoms with Crippen molar-refractivity contribution in [2.24, 2.45) is 0 Å². The van der Waals surface area contributed by atoms with E-state index >= 15 is 0 Å². The molecule has 1 heterocycles. The number of carbonyl (C=O) groups excluding carboxylic acids is 1. The number of Topliss-reactive ketones (excluding diaryl/α,β-unsaturated/α-hetero) is 1.